The van der Waals surface area contributed by atoms with E-state index in [0.717, 1.165) is 49.6 Å². The van der Waals surface area contributed by atoms with Crippen LogP contribution in [0.15, 0.2) is 12.1 Å². The van der Waals surface area contributed by atoms with Gasteiger partial charge in [0.15, 0.2) is 5.78 Å². The maximum absolute atomic E-state index is 14.2. The molecule has 2 aliphatic heterocycles. The Morgan fingerprint density at radius 1 is 0.955 bits per heavy atom. The lowest BCUT2D eigenvalue weighted by molar-refractivity contribution is -0.280. The lowest BCUT2D eigenvalue weighted by atomic mass is 9.39. The number of H-pyrrole nitrogens is 1. The summed E-state index contributed by atoms with van der Waals surface area (Å²) in [6.45, 7) is 19.4. The number of hydrogen-bond acceptors (Lipinski definition) is 5. The lowest BCUT2D eigenvalue weighted by Crippen LogP contribution is -2.68. The predicted molar refractivity (Wildman–Crippen MR) is 171 cm³/mol. The predicted octanol–water partition coefficient (Wildman–Crippen LogP) is 6.66. The van der Waals surface area contributed by atoms with Crippen molar-refractivity contribution in [1.82, 2.24) is 4.98 Å². The highest BCUT2D eigenvalue weighted by molar-refractivity contribution is 6.06. The molecule has 10 unspecified atom stereocenters. The third kappa shape index (κ3) is 3.39. The summed E-state index contributed by atoms with van der Waals surface area (Å²) in [6, 6.07) is 4.24. The van der Waals surface area contributed by atoms with Crippen molar-refractivity contribution >= 4 is 16.7 Å². The zero-order chi connectivity index (χ0) is 31.6. The first kappa shape index (κ1) is 29.7. The number of ketones is 1. The first-order chi connectivity index (χ1) is 20.4. The molecule has 6 heteroatoms. The largest absolute Gasteiger partial charge is 0.392 e. The van der Waals surface area contributed by atoms with Crippen molar-refractivity contribution in [1.29, 1.82) is 0 Å². The molecule has 4 fully saturated rings. The summed E-state index contributed by atoms with van der Waals surface area (Å²) in [5.74, 6) is 1.11. The lowest BCUT2D eigenvalue weighted by Gasteiger charge is -2.67. The third-order valence-corrected chi connectivity index (χ3v) is 14.9. The molecule has 2 aromatic rings. The Kier molecular flexibility index (Phi) is 5.79. The number of Topliss-reactive ketones (excluding diaryl/α,β-unsaturated/α-hetero) is 1. The molecule has 6 nitrogen and oxygen atoms in total. The van der Waals surface area contributed by atoms with Crippen molar-refractivity contribution in [2.24, 2.45) is 34.5 Å². The summed E-state index contributed by atoms with van der Waals surface area (Å²) in [5.41, 5.74) is 3.83. The normalized spacial score (nSPS) is 45.2. The summed E-state index contributed by atoms with van der Waals surface area (Å²) >= 11 is 0. The number of rotatable bonds is 1. The molecule has 1 aromatic carbocycles. The maximum atomic E-state index is 14.2. The van der Waals surface area contributed by atoms with Crippen molar-refractivity contribution < 1.29 is 24.5 Å². The van der Waals surface area contributed by atoms with Crippen molar-refractivity contribution in [2.45, 2.75) is 148 Å². The summed E-state index contributed by atoms with van der Waals surface area (Å²) in [7, 11) is 0. The van der Waals surface area contributed by atoms with Crippen LogP contribution in [0.25, 0.3) is 10.9 Å². The van der Waals surface area contributed by atoms with E-state index in [1.807, 2.05) is 0 Å². The third-order valence-electron chi connectivity index (χ3n) is 14.9. The highest BCUT2D eigenvalue weighted by Crippen LogP contribution is 2.71. The Balaban J connectivity index is 1.23. The van der Waals surface area contributed by atoms with Crippen molar-refractivity contribution in [3.8, 4) is 0 Å². The molecule has 0 spiro atoms. The highest BCUT2D eigenvalue weighted by atomic mass is 16.5. The van der Waals surface area contributed by atoms with E-state index in [1.54, 1.807) is 13.8 Å². The number of aromatic amines is 1. The van der Waals surface area contributed by atoms with E-state index in [0.29, 0.717) is 18.3 Å². The molecule has 3 N–H and O–H groups in total. The molecule has 10 atom stereocenters. The van der Waals surface area contributed by atoms with Gasteiger partial charge in [0.25, 0.3) is 0 Å². The molecule has 4 aliphatic carbocycles. The molecule has 6 aliphatic rings. The molecule has 240 valence electrons. The number of nitrogens with one attached hydrogen (secondary N) is 1. The van der Waals surface area contributed by atoms with Gasteiger partial charge in [-0.25, -0.2) is 0 Å². The first-order valence-electron chi connectivity index (χ1n) is 17.3. The van der Waals surface area contributed by atoms with Crippen LogP contribution in [-0.2, 0) is 27.7 Å². The Morgan fingerprint density at radius 2 is 1.68 bits per heavy atom. The quantitative estimate of drug-likeness (QED) is 0.339. The Morgan fingerprint density at radius 3 is 2.39 bits per heavy atom. The SMILES string of the molecule is CC(C)(O)C1CC(O)C2(C)C(CCC3(C)C2CCC2Cc4c([nH]c5ccc6c(c45)CC4C(C6=O)C(C)(C)OC4(C)C)C23C)O1. The van der Waals surface area contributed by atoms with E-state index >= 15 is 0 Å². The van der Waals surface area contributed by atoms with Crippen LogP contribution >= 0.6 is 0 Å². The van der Waals surface area contributed by atoms with Crippen LogP contribution in [0.5, 0.6) is 0 Å². The fourth-order valence-electron chi connectivity index (χ4n) is 12.5. The van der Waals surface area contributed by atoms with E-state index in [1.165, 1.54) is 22.2 Å². The standard InChI is InChI=1S/C38H53NO5/c1-33(2,42)28-18-26(40)37(8)25-13-10-19-16-22-29-21-17-23-30(35(5,6)44-34(23,3)4)31(41)20(21)11-12-24(29)39-32(22)38(19,9)36(25,7)15-14-27(37)43-28/h11-12,19,23,25-28,30,39-40,42H,10,13-18H2,1-9H3. The maximum Gasteiger partial charge on any atom is 0.169 e. The summed E-state index contributed by atoms with van der Waals surface area (Å²) in [5, 5.41) is 24.0. The number of carbonyl (C=O) groups excluding carboxylic acids is 1. The van der Waals surface area contributed by atoms with Crippen molar-refractivity contribution in [2.75, 3.05) is 0 Å². The summed E-state index contributed by atoms with van der Waals surface area (Å²) in [4.78, 5) is 18.2. The van der Waals surface area contributed by atoms with E-state index in [4.69, 9.17) is 9.47 Å². The van der Waals surface area contributed by atoms with E-state index in [9.17, 15) is 15.0 Å². The fraction of sp³-hybridized carbons (Fsp3) is 0.763. The average Bonchev–Trinajstić information content (AvgIpc) is 3.48. The van der Waals surface area contributed by atoms with Gasteiger partial charge in [-0.3, -0.25) is 4.79 Å². The van der Waals surface area contributed by atoms with Gasteiger partial charge < -0.3 is 24.7 Å². The minimum absolute atomic E-state index is 0.0223. The van der Waals surface area contributed by atoms with Crippen molar-refractivity contribution in [3.63, 3.8) is 0 Å². The topological polar surface area (TPSA) is 91.8 Å². The monoisotopic (exact) mass is 603 g/mol. The van der Waals surface area contributed by atoms with Gasteiger partial charge in [0.1, 0.15) is 0 Å². The van der Waals surface area contributed by atoms with Crippen LogP contribution < -0.4 is 0 Å². The number of carbonyl (C=O) groups is 1. The molecule has 8 rings (SSSR count). The number of aliphatic hydroxyl groups is 2. The van der Waals surface area contributed by atoms with Gasteiger partial charge in [-0.15, -0.1) is 0 Å². The molecule has 2 saturated carbocycles. The molecular formula is C38H53NO5. The molecule has 0 bridgehead atoms. The van der Waals surface area contributed by atoms with Crippen LogP contribution in [0.3, 0.4) is 0 Å². The van der Waals surface area contributed by atoms with Gasteiger partial charge in [0.05, 0.1) is 41.0 Å². The van der Waals surface area contributed by atoms with Gasteiger partial charge in [-0.05, 0) is 121 Å². The summed E-state index contributed by atoms with van der Waals surface area (Å²) < 4.78 is 13.2. The number of ether oxygens (including phenoxy) is 2. The molecule has 0 amide bonds. The second-order valence-corrected chi connectivity index (χ2v) is 18.0. The molecule has 3 heterocycles. The second kappa shape index (κ2) is 8.59. The minimum Gasteiger partial charge on any atom is -0.392 e. The zero-order valence-corrected chi connectivity index (χ0v) is 28.3. The number of benzene rings is 1. The van der Waals surface area contributed by atoms with Crippen LogP contribution in [0.1, 0.15) is 122 Å². The average molecular weight is 604 g/mol. The van der Waals surface area contributed by atoms with E-state index in [2.05, 4.69) is 65.6 Å². The molecular weight excluding hydrogens is 550 g/mol. The first-order valence-corrected chi connectivity index (χ1v) is 17.3. The van der Waals surface area contributed by atoms with Gasteiger partial charge in [-0.1, -0.05) is 20.8 Å². The molecule has 0 radical (unpaired) electrons. The van der Waals surface area contributed by atoms with Crippen molar-refractivity contribution in [3.05, 3.63) is 34.5 Å². The van der Waals surface area contributed by atoms with Crippen LogP contribution in [0, 0.1) is 34.5 Å². The Bertz CT molecular complexity index is 1580. The fourth-order valence-corrected chi connectivity index (χ4v) is 12.5. The van der Waals surface area contributed by atoms with Gasteiger partial charge in [0, 0.05) is 45.3 Å². The van der Waals surface area contributed by atoms with Gasteiger partial charge in [-0.2, -0.15) is 0 Å². The second-order valence-electron chi connectivity index (χ2n) is 18.0. The van der Waals surface area contributed by atoms with Crippen LogP contribution in [0.2, 0.25) is 0 Å². The van der Waals surface area contributed by atoms with Gasteiger partial charge >= 0.3 is 0 Å². The minimum atomic E-state index is -0.979. The molecule has 1 aromatic heterocycles. The highest BCUT2D eigenvalue weighted by Gasteiger charge is 2.70. The Hall–Kier alpha value is -1.73. The molecule has 2 saturated heterocycles. The zero-order valence-electron chi connectivity index (χ0n) is 28.3. The molecule has 44 heavy (non-hydrogen) atoms. The number of aliphatic hydroxyl groups excluding tert-OH is 1. The van der Waals surface area contributed by atoms with Crippen LogP contribution in [0.4, 0.5) is 0 Å². The summed E-state index contributed by atoms with van der Waals surface area (Å²) in [6.07, 6.45) is 5.59. The Labute approximate surface area is 262 Å². The number of fused-ring (bicyclic) bond motifs is 12. The van der Waals surface area contributed by atoms with E-state index < -0.39 is 17.3 Å². The van der Waals surface area contributed by atoms with Gasteiger partial charge in [0.2, 0.25) is 0 Å². The number of hydrogen-bond donors (Lipinski definition) is 3. The van der Waals surface area contributed by atoms with E-state index in [-0.39, 0.29) is 51.7 Å². The number of aromatic nitrogens is 1. The smallest absolute Gasteiger partial charge is 0.169 e. The van der Waals surface area contributed by atoms with Crippen LogP contribution in [-0.4, -0.2) is 56.1 Å².